The number of benzene rings is 1. The predicted octanol–water partition coefficient (Wildman–Crippen LogP) is 2.93. The Morgan fingerprint density at radius 2 is 1.84 bits per heavy atom. The molecule has 0 bridgehead atoms. The maximum absolute atomic E-state index is 9.64. The predicted molar refractivity (Wildman–Crippen MR) is 77.7 cm³/mol. The minimum absolute atomic E-state index is 0.135. The molecule has 0 aliphatic carbocycles. The summed E-state index contributed by atoms with van der Waals surface area (Å²) in [7, 11) is 0. The zero-order chi connectivity index (χ0) is 14.3. The van der Waals surface area contributed by atoms with Gasteiger partial charge in [-0.1, -0.05) is 39.0 Å². The summed E-state index contributed by atoms with van der Waals surface area (Å²) in [6.07, 6.45) is 1.03. The van der Waals surface area contributed by atoms with Gasteiger partial charge in [0.15, 0.2) is 0 Å². The summed E-state index contributed by atoms with van der Waals surface area (Å²) in [5.41, 5.74) is 1.39. The molecule has 19 heavy (non-hydrogen) atoms. The number of aliphatic hydroxyl groups excluding tert-OH is 1. The second kappa shape index (κ2) is 7.31. The summed E-state index contributed by atoms with van der Waals surface area (Å²) in [5, 5.41) is 9.64. The van der Waals surface area contributed by atoms with Crippen molar-refractivity contribution in [2.45, 2.75) is 32.3 Å². The maximum atomic E-state index is 9.64. The molecule has 1 N–H and O–H groups in total. The van der Waals surface area contributed by atoms with E-state index in [0.717, 1.165) is 5.75 Å². The largest absolute Gasteiger partial charge is 0.491 e. The maximum Gasteiger partial charge on any atom is 0.119 e. The summed E-state index contributed by atoms with van der Waals surface area (Å²) in [5.74, 6) is 0.760. The van der Waals surface area contributed by atoms with Crippen LogP contribution in [-0.2, 0) is 10.2 Å². The molecule has 0 aromatic heterocycles. The molecule has 106 valence electrons. The van der Waals surface area contributed by atoms with Crippen molar-refractivity contribution in [3.63, 3.8) is 0 Å². The standard InChI is InChI=1S/C16H24O3/c1-5-10-18-11-14(17)12-19-15-8-6-13(7-9-15)16(2,3)4/h5-9,14,17H,1,10-12H2,2-4H3/t14-/m0/s1. The van der Waals surface area contributed by atoms with Crippen LogP contribution in [0.2, 0.25) is 0 Å². The van der Waals surface area contributed by atoms with E-state index in [1.54, 1.807) is 6.08 Å². The van der Waals surface area contributed by atoms with Gasteiger partial charge in [-0.25, -0.2) is 0 Å². The highest BCUT2D eigenvalue weighted by molar-refractivity contribution is 5.31. The molecule has 3 heteroatoms. The first-order valence-electron chi connectivity index (χ1n) is 6.53. The minimum Gasteiger partial charge on any atom is -0.491 e. The topological polar surface area (TPSA) is 38.7 Å². The van der Waals surface area contributed by atoms with Crippen molar-refractivity contribution in [3.8, 4) is 5.75 Å². The van der Waals surface area contributed by atoms with Crippen LogP contribution in [0.25, 0.3) is 0 Å². The molecule has 0 aliphatic heterocycles. The van der Waals surface area contributed by atoms with E-state index >= 15 is 0 Å². The number of ether oxygens (including phenoxy) is 2. The first-order valence-corrected chi connectivity index (χ1v) is 6.53. The zero-order valence-corrected chi connectivity index (χ0v) is 12.1. The third-order valence-corrected chi connectivity index (χ3v) is 2.71. The fourth-order valence-electron chi connectivity index (χ4n) is 1.58. The first-order chi connectivity index (χ1) is 8.93. The number of aliphatic hydroxyl groups is 1. The third-order valence-electron chi connectivity index (χ3n) is 2.71. The van der Waals surface area contributed by atoms with E-state index in [1.807, 2.05) is 12.1 Å². The molecule has 0 saturated heterocycles. The van der Waals surface area contributed by atoms with Gasteiger partial charge in [0, 0.05) is 0 Å². The number of rotatable bonds is 7. The molecule has 0 aliphatic rings. The Labute approximate surface area is 115 Å². The molecule has 1 atom stereocenters. The van der Waals surface area contributed by atoms with Crippen LogP contribution < -0.4 is 4.74 Å². The third kappa shape index (κ3) is 5.90. The summed E-state index contributed by atoms with van der Waals surface area (Å²) in [4.78, 5) is 0. The summed E-state index contributed by atoms with van der Waals surface area (Å²) >= 11 is 0. The van der Waals surface area contributed by atoms with Crippen LogP contribution in [0.1, 0.15) is 26.3 Å². The molecule has 0 radical (unpaired) electrons. The van der Waals surface area contributed by atoms with Gasteiger partial charge >= 0.3 is 0 Å². The van der Waals surface area contributed by atoms with Crippen LogP contribution in [0, 0.1) is 0 Å². The molecule has 0 heterocycles. The van der Waals surface area contributed by atoms with Gasteiger partial charge in [0.1, 0.15) is 18.5 Å². The molecule has 0 saturated carbocycles. The van der Waals surface area contributed by atoms with Gasteiger partial charge in [0.05, 0.1) is 13.2 Å². The fraction of sp³-hybridized carbons (Fsp3) is 0.500. The smallest absolute Gasteiger partial charge is 0.119 e. The Bertz CT molecular complexity index is 376. The lowest BCUT2D eigenvalue weighted by Crippen LogP contribution is -2.23. The van der Waals surface area contributed by atoms with Crippen LogP contribution in [0.5, 0.6) is 5.75 Å². The first kappa shape index (κ1) is 15.7. The molecule has 1 aromatic rings. The molecular formula is C16H24O3. The highest BCUT2D eigenvalue weighted by atomic mass is 16.5. The van der Waals surface area contributed by atoms with E-state index in [2.05, 4.69) is 39.5 Å². The van der Waals surface area contributed by atoms with Crippen LogP contribution in [0.15, 0.2) is 36.9 Å². The lowest BCUT2D eigenvalue weighted by Gasteiger charge is -2.19. The normalized spacial score (nSPS) is 13.1. The molecule has 0 unspecified atom stereocenters. The molecule has 0 fully saturated rings. The van der Waals surface area contributed by atoms with Gasteiger partial charge in [0.25, 0.3) is 0 Å². The summed E-state index contributed by atoms with van der Waals surface area (Å²) < 4.78 is 10.7. The molecular weight excluding hydrogens is 240 g/mol. The van der Waals surface area contributed by atoms with Crippen molar-refractivity contribution >= 4 is 0 Å². The van der Waals surface area contributed by atoms with Gasteiger partial charge < -0.3 is 14.6 Å². The van der Waals surface area contributed by atoms with E-state index < -0.39 is 6.10 Å². The van der Waals surface area contributed by atoms with Gasteiger partial charge in [-0.2, -0.15) is 0 Å². The van der Waals surface area contributed by atoms with Crippen molar-refractivity contribution < 1.29 is 14.6 Å². The van der Waals surface area contributed by atoms with Crippen molar-refractivity contribution in [2.75, 3.05) is 19.8 Å². The highest BCUT2D eigenvalue weighted by Gasteiger charge is 2.13. The molecule has 1 rings (SSSR count). The summed E-state index contributed by atoms with van der Waals surface area (Å²) in [6.45, 7) is 11.0. The average Bonchev–Trinajstić information content (AvgIpc) is 2.36. The molecule has 0 spiro atoms. The van der Waals surface area contributed by atoms with E-state index in [0.29, 0.717) is 6.61 Å². The highest BCUT2D eigenvalue weighted by Crippen LogP contribution is 2.24. The van der Waals surface area contributed by atoms with Gasteiger partial charge in [-0.05, 0) is 23.1 Å². The van der Waals surface area contributed by atoms with Crippen LogP contribution >= 0.6 is 0 Å². The van der Waals surface area contributed by atoms with Gasteiger partial charge in [-0.3, -0.25) is 0 Å². The van der Waals surface area contributed by atoms with Crippen molar-refractivity contribution in [2.24, 2.45) is 0 Å². The van der Waals surface area contributed by atoms with Crippen LogP contribution in [0.4, 0.5) is 0 Å². The van der Waals surface area contributed by atoms with Crippen molar-refractivity contribution in [3.05, 3.63) is 42.5 Å². The summed E-state index contributed by atoms with van der Waals surface area (Å²) in [6, 6.07) is 7.96. The van der Waals surface area contributed by atoms with Crippen molar-refractivity contribution in [1.82, 2.24) is 0 Å². The number of hydrogen-bond acceptors (Lipinski definition) is 3. The van der Waals surface area contributed by atoms with Crippen molar-refractivity contribution in [1.29, 1.82) is 0 Å². The van der Waals surface area contributed by atoms with E-state index in [-0.39, 0.29) is 18.6 Å². The van der Waals surface area contributed by atoms with Crippen LogP contribution in [-0.4, -0.2) is 31.0 Å². The second-order valence-corrected chi connectivity index (χ2v) is 5.57. The van der Waals surface area contributed by atoms with E-state index in [4.69, 9.17) is 9.47 Å². The lowest BCUT2D eigenvalue weighted by atomic mass is 9.87. The Morgan fingerprint density at radius 3 is 2.37 bits per heavy atom. The Balaban J connectivity index is 2.39. The van der Waals surface area contributed by atoms with Gasteiger partial charge in [0.2, 0.25) is 0 Å². The molecule has 3 nitrogen and oxygen atoms in total. The molecule has 0 amide bonds. The second-order valence-electron chi connectivity index (χ2n) is 5.57. The Morgan fingerprint density at radius 1 is 1.21 bits per heavy atom. The average molecular weight is 264 g/mol. The Hall–Kier alpha value is -1.32. The zero-order valence-electron chi connectivity index (χ0n) is 12.1. The Kier molecular flexibility index (Phi) is 6.06. The van der Waals surface area contributed by atoms with Crippen LogP contribution in [0.3, 0.4) is 0 Å². The number of hydrogen-bond donors (Lipinski definition) is 1. The SMILES string of the molecule is C=CCOC[C@H](O)COc1ccc(C(C)(C)C)cc1. The lowest BCUT2D eigenvalue weighted by molar-refractivity contribution is 0.0214. The van der Waals surface area contributed by atoms with E-state index in [1.165, 1.54) is 5.56 Å². The van der Waals surface area contributed by atoms with Gasteiger partial charge in [-0.15, -0.1) is 6.58 Å². The van der Waals surface area contributed by atoms with E-state index in [9.17, 15) is 5.11 Å². The minimum atomic E-state index is -0.623. The fourth-order valence-corrected chi connectivity index (χ4v) is 1.58. The monoisotopic (exact) mass is 264 g/mol. The molecule has 1 aromatic carbocycles. The quantitative estimate of drug-likeness (QED) is 0.608.